The molecule has 1 aromatic rings. The van der Waals surface area contributed by atoms with E-state index in [-0.39, 0.29) is 22.5 Å². The number of aldehydes is 1. The molecule has 0 saturated heterocycles. The average molecular weight is 254 g/mol. The highest BCUT2D eigenvalue weighted by molar-refractivity contribution is 6.60. The van der Waals surface area contributed by atoms with E-state index in [4.69, 9.17) is 24.6 Å². The number of carbonyl (C=O) groups is 2. The van der Waals surface area contributed by atoms with Crippen LogP contribution >= 0.6 is 0 Å². The topological polar surface area (TPSA) is 113 Å². The van der Waals surface area contributed by atoms with Crippen LogP contribution < -0.4 is 14.9 Å². The Morgan fingerprint density at radius 1 is 1.39 bits per heavy atom. The zero-order valence-electron chi connectivity index (χ0n) is 9.49. The van der Waals surface area contributed by atoms with Gasteiger partial charge in [0.2, 0.25) is 0 Å². The molecule has 0 spiro atoms. The van der Waals surface area contributed by atoms with Crippen molar-refractivity contribution in [2.24, 2.45) is 0 Å². The maximum Gasteiger partial charge on any atom is 0.489 e. The quantitative estimate of drug-likeness (QED) is 0.424. The van der Waals surface area contributed by atoms with Gasteiger partial charge in [-0.15, -0.1) is 0 Å². The Balaban J connectivity index is 3.18. The van der Waals surface area contributed by atoms with Crippen LogP contribution in [0, 0.1) is 0 Å². The van der Waals surface area contributed by atoms with E-state index in [0.717, 1.165) is 6.07 Å². The molecule has 0 aliphatic carbocycles. The van der Waals surface area contributed by atoms with Gasteiger partial charge in [0.1, 0.15) is 6.29 Å². The minimum atomic E-state index is -1.87. The fourth-order valence-electron chi connectivity index (χ4n) is 1.33. The van der Waals surface area contributed by atoms with Gasteiger partial charge in [0, 0.05) is 5.56 Å². The van der Waals surface area contributed by atoms with Crippen molar-refractivity contribution < 1.29 is 34.2 Å². The Kier molecular flexibility index (Phi) is 4.70. The van der Waals surface area contributed by atoms with Crippen LogP contribution in [-0.2, 0) is 4.79 Å². The van der Waals surface area contributed by atoms with Gasteiger partial charge in [-0.25, -0.2) is 4.79 Å². The SMILES string of the molecule is COc1cc(C=O)c(B(O)O)cc1OCC(=O)O. The third-order valence-electron chi connectivity index (χ3n) is 2.13. The van der Waals surface area contributed by atoms with E-state index in [1.807, 2.05) is 0 Å². The largest absolute Gasteiger partial charge is 0.493 e. The van der Waals surface area contributed by atoms with Crippen molar-refractivity contribution in [2.45, 2.75) is 0 Å². The molecule has 0 saturated carbocycles. The first-order chi connectivity index (χ1) is 8.49. The lowest BCUT2D eigenvalue weighted by Gasteiger charge is -2.12. The molecule has 0 bridgehead atoms. The van der Waals surface area contributed by atoms with E-state index in [0.29, 0.717) is 6.29 Å². The molecule has 0 aliphatic rings. The van der Waals surface area contributed by atoms with Gasteiger partial charge >= 0.3 is 13.1 Å². The van der Waals surface area contributed by atoms with E-state index >= 15 is 0 Å². The lowest BCUT2D eigenvalue weighted by molar-refractivity contribution is -0.139. The molecule has 0 aliphatic heterocycles. The van der Waals surface area contributed by atoms with Crippen molar-refractivity contribution in [2.75, 3.05) is 13.7 Å². The van der Waals surface area contributed by atoms with Gasteiger partial charge in [0.15, 0.2) is 18.1 Å². The molecule has 8 heteroatoms. The minimum Gasteiger partial charge on any atom is -0.493 e. The maximum absolute atomic E-state index is 10.8. The molecule has 0 fully saturated rings. The normalized spacial score (nSPS) is 9.72. The second kappa shape index (κ2) is 6.03. The summed E-state index contributed by atoms with van der Waals surface area (Å²) in [6, 6.07) is 2.38. The molecule has 0 atom stereocenters. The molecule has 0 aromatic heterocycles. The van der Waals surface area contributed by atoms with Crippen molar-refractivity contribution in [1.29, 1.82) is 0 Å². The predicted octanol–water partition coefficient (Wildman–Crippen LogP) is -1.35. The minimum absolute atomic E-state index is 0.00796. The second-order valence-electron chi connectivity index (χ2n) is 3.31. The summed E-state index contributed by atoms with van der Waals surface area (Å²) in [7, 11) is -0.560. The fraction of sp³-hybridized carbons (Fsp3) is 0.200. The summed E-state index contributed by atoms with van der Waals surface area (Å²) in [4.78, 5) is 21.2. The fourth-order valence-corrected chi connectivity index (χ4v) is 1.33. The number of rotatable bonds is 6. The highest BCUT2D eigenvalue weighted by Gasteiger charge is 2.20. The Bertz CT molecular complexity index is 458. The Hall–Kier alpha value is -2.06. The average Bonchev–Trinajstić information content (AvgIpc) is 2.34. The summed E-state index contributed by atoms with van der Waals surface area (Å²) in [5, 5.41) is 26.7. The lowest BCUT2D eigenvalue weighted by atomic mass is 9.77. The molecule has 0 heterocycles. The molecule has 3 N–H and O–H groups in total. The summed E-state index contributed by atoms with van der Waals surface area (Å²) in [5.74, 6) is -1.06. The van der Waals surface area contributed by atoms with Gasteiger partial charge in [0.25, 0.3) is 0 Å². The summed E-state index contributed by atoms with van der Waals surface area (Å²) >= 11 is 0. The molecule has 0 amide bonds. The standard InChI is InChI=1S/C10H11BO7/c1-17-8-2-6(4-12)7(11(15)16)3-9(8)18-5-10(13)14/h2-4,15-16H,5H2,1H3,(H,13,14). The number of carbonyl (C=O) groups excluding carboxylic acids is 1. The van der Waals surface area contributed by atoms with E-state index in [9.17, 15) is 9.59 Å². The van der Waals surface area contributed by atoms with E-state index in [1.54, 1.807) is 0 Å². The molecular weight excluding hydrogens is 243 g/mol. The van der Waals surface area contributed by atoms with Crippen molar-refractivity contribution in [3.8, 4) is 11.5 Å². The van der Waals surface area contributed by atoms with Gasteiger partial charge in [0.05, 0.1) is 7.11 Å². The Morgan fingerprint density at radius 3 is 2.50 bits per heavy atom. The number of benzene rings is 1. The molecular formula is C10H11BO7. The number of carboxylic acids is 1. The summed E-state index contributed by atoms with van der Waals surface area (Å²) in [5.41, 5.74) is -0.0734. The molecule has 0 unspecified atom stereocenters. The molecule has 1 aromatic carbocycles. The smallest absolute Gasteiger partial charge is 0.489 e. The molecule has 0 radical (unpaired) electrons. The van der Waals surface area contributed by atoms with Crippen LogP contribution in [0.25, 0.3) is 0 Å². The van der Waals surface area contributed by atoms with Crippen LogP contribution in [0.3, 0.4) is 0 Å². The van der Waals surface area contributed by atoms with Crippen LogP contribution in [0.2, 0.25) is 0 Å². The van der Waals surface area contributed by atoms with E-state index in [2.05, 4.69) is 0 Å². The summed E-state index contributed by atoms with van der Waals surface area (Å²) in [6.07, 6.45) is 0.429. The van der Waals surface area contributed by atoms with Gasteiger partial charge in [-0.05, 0) is 17.6 Å². The van der Waals surface area contributed by atoms with E-state index < -0.39 is 19.7 Å². The monoisotopic (exact) mass is 254 g/mol. The predicted molar refractivity (Wildman–Crippen MR) is 61.3 cm³/mol. The Morgan fingerprint density at radius 2 is 2.06 bits per heavy atom. The highest BCUT2D eigenvalue weighted by Crippen LogP contribution is 2.26. The zero-order valence-corrected chi connectivity index (χ0v) is 9.49. The third kappa shape index (κ3) is 3.22. The first-order valence-electron chi connectivity index (χ1n) is 4.87. The van der Waals surface area contributed by atoms with Crippen LogP contribution in [0.1, 0.15) is 10.4 Å². The van der Waals surface area contributed by atoms with Gasteiger partial charge in [-0.2, -0.15) is 0 Å². The first kappa shape index (κ1) is 14.0. The zero-order chi connectivity index (χ0) is 13.7. The summed E-state index contributed by atoms with van der Waals surface area (Å²) < 4.78 is 9.83. The van der Waals surface area contributed by atoms with Gasteiger partial charge in [-0.1, -0.05) is 0 Å². The van der Waals surface area contributed by atoms with Crippen LogP contribution in [0.5, 0.6) is 11.5 Å². The van der Waals surface area contributed by atoms with Crippen LogP contribution in [-0.4, -0.2) is 48.2 Å². The Labute approximate surface area is 103 Å². The number of aliphatic carboxylic acids is 1. The van der Waals surface area contributed by atoms with Gasteiger partial charge < -0.3 is 24.6 Å². The van der Waals surface area contributed by atoms with Gasteiger partial charge in [-0.3, -0.25) is 4.79 Å². The molecule has 96 valence electrons. The van der Waals surface area contributed by atoms with Crippen molar-refractivity contribution in [3.05, 3.63) is 17.7 Å². The highest BCUT2D eigenvalue weighted by atomic mass is 16.5. The summed E-state index contributed by atoms with van der Waals surface area (Å²) in [6.45, 7) is -0.613. The number of hydrogen-bond donors (Lipinski definition) is 3. The third-order valence-corrected chi connectivity index (χ3v) is 2.13. The number of methoxy groups -OCH3 is 1. The maximum atomic E-state index is 10.8. The number of ether oxygens (including phenoxy) is 2. The molecule has 18 heavy (non-hydrogen) atoms. The van der Waals surface area contributed by atoms with Crippen molar-refractivity contribution >= 4 is 24.8 Å². The molecule has 7 nitrogen and oxygen atoms in total. The van der Waals surface area contributed by atoms with Crippen molar-refractivity contribution in [1.82, 2.24) is 0 Å². The molecule has 1 rings (SSSR count). The lowest BCUT2D eigenvalue weighted by Crippen LogP contribution is -2.33. The van der Waals surface area contributed by atoms with E-state index in [1.165, 1.54) is 13.2 Å². The number of hydrogen-bond acceptors (Lipinski definition) is 6. The second-order valence-corrected chi connectivity index (χ2v) is 3.31. The van der Waals surface area contributed by atoms with Crippen molar-refractivity contribution in [3.63, 3.8) is 0 Å². The van der Waals surface area contributed by atoms with Crippen LogP contribution in [0.4, 0.5) is 0 Å². The van der Waals surface area contributed by atoms with Crippen LogP contribution in [0.15, 0.2) is 12.1 Å². The number of carboxylic acid groups (broad SMARTS) is 1. The first-order valence-corrected chi connectivity index (χ1v) is 4.87.